The van der Waals surface area contributed by atoms with Crippen LogP contribution in [0.4, 0.5) is 0 Å². The highest BCUT2D eigenvalue weighted by atomic mass is 28.4. The molecule has 0 fully saturated rings. The number of rotatable bonds is 8. The van der Waals surface area contributed by atoms with Crippen LogP contribution >= 0.6 is 0 Å². The minimum absolute atomic E-state index is 0.284. The lowest BCUT2D eigenvalue weighted by Gasteiger charge is -2.27. The van der Waals surface area contributed by atoms with Crippen molar-refractivity contribution >= 4 is 14.5 Å². The van der Waals surface area contributed by atoms with Gasteiger partial charge in [0.05, 0.1) is 6.61 Å². The molecule has 1 aromatic rings. The molecule has 0 bridgehead atoms. The van der Waals surface area contributed by atoms with Gasteiger partial charge in [0.15, 0.2) is 0 Å². The van der Waals surface area contributed by atoms with E-state index >= 15 is 0 Å². The van der Waals surface area contributed by atoms with E-state index in [1.54, 1.807) is 21.1 Å². The standard InChI is InChI=1S/C15H22O4Si/c1-13(2)15(16)19-10-11-20(17-3,18-4)12-14-8-6-5-7-9-14/h5-9H,1,10-12H2,2-4H3. The van der Waals surface area contributed by atoms with Crippen LogP contribution in [0.2, 0.25) is 6.04 Å². The van der Waals surface area contributed by atoms with E-state index in [4.69, 9.17) is 13.6 Å². The molecule has 5 heteroatoms. The van der Waals surface area contributed by atoms with Crippen LogP contribution in [0.1, 0.15) is 12.5 Å². The lowest BCUT2D eigenvalue weighted by Crippen LogP contribution is -2.44. The summed E-state index contributed by atoms with van der Waals surface area (Å²) in [5.41, 5.74) is 1.56. The van der Waals surface area contributed by atoms with Gasteiger partial charge >= 0.3 is 14.5 Å². The third-order valence-corrected chi connectivity index (χ3v) is 6.53. The molecule has 1 rings (SSSR count). The highest BCUT2D eigenvalue weighted by molar-refractivity contribution is 6.66. The number of carbonyl (C=O) groups excluding carboxylic acids is 1. The van der Waals surface area contributed by atoms with Crippen molar-refractivity contribution in [3.8, 4) is 0 Å². The quantitative estimate of drug-likeness (QED) is 0.420. The Morgan fingerprint density at radius 1 is 1.20 bits per heavy atom. The van der Waals surface area contributed by atoms with Gasteiger partial charge in [0, 0.05) is 31.9 Å². The van der Waals surface area contributed by atoms with E-state index in [0.29, 0.717) is 11.6 Å². The van der Waals surface area contributed by atoms with E-state index in [9.17, 15) is 4.79 Å². The molecule has 0 spiro atoms. The Morgan fingerprint density at radius 2 is 1.80 bits per heavy atom. The fourth-order valence-corrected chi connectivity index (χ4v) is 4.16. The molecular weight excluding hydrogens is 272 g/mol. The second-order valence-electron chi connectivity index (χ2n) is 4.65. The summed E-state index contributed by atoms with van der Waals surface area (Å²) in [6, 6.07) is 11.3. The van der Waals surface area contributed by atoms with Gasteiger partial charge in [0.25, 0.3) is 0 Å². The van der Waals surface area contributed by atoms with Crippen LogP contribution in [0, 0.1) is 0 Å². The Kier molecular flexibility index (Phi) is 6.64. The summed E-state index contributed by atoms with van der Waals surface area (Å²) in [7, 11) is 0.911. The molecule has 0 saturated carbocycles. The number of carbonyl (C=O) groups is 1. The molecular formula is C15H22O4Si. The van der Waals surface area contributed by atoms with Gasteiger partial charge in [-0.15, -0.1) is 0 Å². The minimum atomic E-state index is -2.39. The van der Waals surface area contributed by atoms with Crippen LogP contribution in [0.3, 0.4) is 0 Å². The molecule has 0 radical (unpaired) electrons. The first-order chi connectivity index (χ1) is 9.53. The van der Waals surface area contributed by atoms with Gasteiger partial charge in [0.2, 0.25) is 0 Å². The summed E-state index contributed by atoms with van der Waals surface area (Å²) in [4.78, 5) is 11.4. The van der Waals surface area contributed by atoms with E-state index in [1.807, 2.05) is 30.3 Å². The van der Waals surface area contributed by atoms with Crippen molar-refractivity contribution in [3.63, 3.8) is 0 Å². The van der Waals surface area contributed by atoms with Crippen molar-refractivity contribution in [2.75, 3.05) is 20.8 Å². The highest BCUT2D eigenvalue weighted by Gasteiger charge is 2.36. The van der Waals surface area contributed by atoms with Crippen LogP contribution < -0.4 is 0 Å². The first kappa shape index (κ1) is 16.6. The monoisotopic (exact) mass is 294 g/mol. The maximum Gasteiger partial charge on any atom is 0.345 e. The largest absolute Gasteiger partial charge is 0.462 e. The first-order valence-electron chi connectivity index (χ1n) is 6.50. The summed E-state index contributed by atoms with van der Waals surface area (Å²) < 4.78 is 16.4. The van der Waals surface area contributed by atoms with E-state index in [0.717, 1.165) is 11.6 Å². The SMILES string of the molecule is C=C(C)C(=O)OCC[Si](Cc1ccccc1)(OC)OC. The zero-order chi connectivity index (χ0) is 15.0. The smallest absolute Gasteiger partial charge is 0.345 e. The molecule has 0 amide bonds. The zero-order valence-corrected chi connectivity index (χ0v) is 13.3. The Balaban J connectivity index is 2.62. The van der Waals surface area contributed by atoms with E-state index in [-0.39, 0.29) is 12.6 Å². The average molecular weight is 294 g/mol. The van der Waals surface area contributed by atoms with Crippen LogP contribution in [0.25, 0.3) is 0 Å². The van der Waals surface area contributed by atoms with Crippen LogP contribution in [-0.2, 0) is 24.4 Å². The van der Waals surface area contributed by atoms with Crippen molar-refractivity contribution < 1.29 is 18.4 Å². The Bertz CT molecular complexity index is 440. The molecule has 0 saturated heterocycles. The molecule has 0 aromatic heterocycles. The van der Waals surface area contributed by atoms with Crippen molar-refractivity contribution in [3.05, 3.63) is 48.0 Å². The molecule has 110 valence electrons. The third-order valence-electron chi connectivity index (χ3n) is 3.12. The molecule has 4 nitrogen and oxygen atoms in total. The Hall–Kier alpha value is -1.43. The van der Waals surface area contributed by atoms with Crippen LogP contribution in [0.5, 0.6) is 0 Å². The zero-order valence-electron chi connectivity index (χ0n) is 12.3. The fourth-order valence-electron chi connectivity index (χ4n) is 1.85. The van der Waals surface area contributed by atoms with E-state index in [2.05, 4.69) is 6.58 Å². The third kappa shape index (κ3) is 4.92. The molecule has 0 atom stereocenters. The molecule has 0 heterocycles. The molecule has 20 heavy (non-hydrogen) atoms. The van der Waals surface area contributed by atoms with Crippen molar-refractivity contribution in [2.24, 2.45) is 0 Å². The highest BCUT2D eigenvalue weighted by Crippen LogP contribution is 2.18. The maximum absolute atomic E-state index is 11.4. The van der Waals surface area contributed by atoms with Gasteiger partial charge in [-0.25, -0.2) is 4.79 Å². The minimum Gasteiger partial charge on any atom is -0.462 e. The topological polar surface area (TPSA) is 44.8 Å². The van der Waals surface area contributed by atoms with Gasteiger partial charge in [-0.05, 0) is 12.5 Å². The van der Waals surface area contributed by atoms with Gasteiger partial charge in [-0.3, -0.25) is 0 Å². The number of ether oxygens (including phenoxy) is 1. The molecule has 0 aliphatic carbocycles. The molecule has 1 aromatic carbocycles. The van der Waals surface area contributed by atoms with Crippen LogP contribution in [-0.4, -0.2) is 35.4 Å². The molecule has 0 N–H and O–H groups in total. The normalized spacial score (nSPS) is 11.2. The van der Waals surface area contributed by atoms with Crippen molar-refractivity contribution in [2.45, 2.75) is 19.0 Å². The summed E-state index contributed by atoms with van der Waals surface area (Å²) in [6.45, 7) is 5.47. The maximum atomic E-state index is 11.4. The van der Waals surface area contributed by atoms with Crippen molar-refractivity contribution in [1.82, 2.24) is 0 Å². The first-order valence-corrected chi connectivity index (χ1v) is 8.73. The predicted molar refractivity (Wildman–Crippen MR) is 80.5 cm³/mol. The number of hydrogen-bond acceptors (Lipinski definition) is 4. The lowest BCUT2D eigenvalue weighted by molar-refractivity contribution is -0.138. The summed E-state index contributed by atoms with van der Waals surface area (Å²) in [5.74, 6) is -0.375. The number of hydrogen-bond donors (Lipinski definition) is 0. The lowest BCUT2D eigenvalue weighted by atomic mass is 10.2. The second kappa shape index (κ2) is 7.99. The molecule has 0 unspecified atom stereocenters. The van der Waals surface area contributed by atoms with Gasteiger partial charge in [0.1, 0.15) is 0 Å². The van der Waals surface area contributed by atoms with Crippen molar-refractivity contribution in [1.29, 1.82) is 0 Å². The summed E-state index contributed by atoms with van der Waals surface area (Å²) in [6.07, 6.45) is 0. The summed E-state index contributed by atoms with van der Waals surface area (Å²) in [5, 5.41) is 0. The van der Waals surface area contributed by atoms with Gasteiger partial charge in [-0.2, -0.15) is 0 Å². The molecule has 0 aliphatic heterocycles. The van der Waals surface area contributed by atoms with Gasteiger partial charge in [-0.1, -0.05) is 36.9 Å². The predicted octanol–water partition coefficient (Wildman–Crippen LogP) is 2.62. The van der Waals surface area contributed by atoms with E-state index < -0.39 is 8.56 Å². The van der Waals surface area contributed by atoms with Gasteiger partial charge < -0.3 is 13.6 Å². The number of esters is 1. The number of benzene rings is 1. The van der Waals surface area contributed by atoms with E-state index in [1.165, 1.54) is 0 Å². The Morgan fingerprint density at radius 3 is 2.30 bits per heavy atom. The Labute approximate surface area is 121 Å². The average Bonchev–Trinajstić information content (AvgIpc) is 2.47. The molecule has 0 aliphatic rings. The summed E-state index contributed by atoms with van der Waals surface area (Å²) >= 11 is 0. The van der Waals surface area contributed by atoms with Crippen LogP contribution in [0.15, 0.2) is 42.5 Å². The fraction of sp³-hybridized carbons (Fsp3) is 0.400. The second-order valence-corrected chi connectivity index (χ2v) is 8.14.